The molecule has 1 aliphatic rings. The van der Waals surface area contributed by atoms with E-state index in [1.807, 2.05) is 49.4 Å². The topological polar surface area (TPSA) is 57.6 Å². The summed E-state index contributed by atoms with van der Waals surface area (Å²) in [5, 5.41) is 11.5. The number of carbonyl (C=O) groups is 2. The second-order valence-electron chi connectivity index (χ2n) is 7.51. The van der Waals surface area contributed by atoms with Gasteiger partial charge in [-0.15, -0.1) is 0 Å². The molecule has 30 heavy (non-hydrogen) atoms. The molecule has 3 aromatic rings. The van der Waals surface area contributed by atoms with Crippen LogP contribution in [0.25, 0.3) is 0 Å². The third kappa shape index (κ3) is 3.87. The highest BCUT2D eigenvalue weighted by Gasteiger charge is 2.51. The molecule has 0 fully saturated rings. The lowest BCUT2D eigenvalue weighted by Gasteiger charge is -2.23. The highest BCUT2D eigenvalue weighted by Crippen LogP contribution is 2.44. The first-order chi connectivity index (χ1) is 14.3. The fourth-order valence-electron chi connectivity index (χ4n) is 3.70. The van der Waals surface area contributed by atoms with Crippen LogP contribution in [0.3, 0.4) is 0 Å². The minimum absolute atomic E-state index is 0.276. The largest absolute Gasteiger partial charge is 0.375 e. The SMILES string of the molecule is Cc1ccc(C(=O)C[C@]2(O)C(=O)N(Cc3ccc(Br)cc3)c3ccc(Br)cc32)cc1. The van der Waals surface area contributed by atoms with Crippen molar-refractivity contribution in [1.82, 2.24) is 0 Å². The highest BCUT2D eigenvalue weighted by atomic mass is 79.9. The van der Waals surface area contributed by atoms with Gasteiger partial charge in [0.1, 0.15) is 0 Å². The van der Waals surface area contributed by atoms with Gasteiger partial charge < -0.3 is 10.0 Å². The molecule has 0 bridgehead atoms. The first kappa shape index (κ1) is 21.0. The molecule has 3 aromatic carbocycles. The van der Waals surface area contributed by atoms with Crippen molar-refractivity contribution < 1.29 is 14.7 Å². The third-order valence-corrected chi connectivity index (χ3v) is 6.36. The number of benzene rings is 3. The van der Waals surface area contributed by atoms with Gasteiger partial charge in [-0.1, -0.05) is 73.8 Å². The Morgan fingerprint density at radius 3 is 2.27 bits per heavy atom. The zero-order valence-corrected chi connectivity index (χ0v) is 19.4. The van der Waals surface area contributed by atoms with E-state index in [1.54, 1.807) is 29.2 Å². The number of rotatable bonds is 5. The molecule has 1 amide bonds. The van der Waals surface area contributed by atoms with Crippen molar-refractivity contribution >= 4 is 49.2 Å². The molecule has 1 aliphatic heterocycles. The Balaban J connectivity index is 1.70. The second-order valence-corrected chi connectivity index (χ2v) is 9.34. The van der Waals surface area contributed by atoms with E-state index in [0.29, 0.717) is 23.4 Å². The van der Waals surface area contributed by atoms with E-state index in [4.69, 9.17) is 0 Å². The molecule has 4 nitrogen and oxygen atoms in total. The third-order valence-electron chi connectivity index (χ3n) is 5.34. The van der Waals surface area contributed by atoms with E-state index in [1.165, 1.54) is 0 Å². The van der Waals surface area contributed by atoms with Gasteiger partial charge in [0.2, 0.25) is 0 Å². The normalized spacial score (nSPS) is 17.9. The van der Waals surface area contributed by atoms with Crippen LogP contribution in [0.15, 0.2) is 75.7 Å². The highest BCUT2D eigenvalue weighted by molar-refractivity contribution is 9.10. The lowest BCUT2D eigenvalue weighted by Crippen LogP contribution is -2.41. The summed E-state index contributed by atoms with van der Waals surface area (Å²) in [6, 6.07) is 20.1. The quantitative estimate of drug-likeness (QED) is 0.443. The molecule has 6 heteroatoms. The van der Waals surface area contributed by atoms with Gasteiger partial charge >= 0.3 is 0 Å². The van der Waals surface area contributed by atoms with Crippen LogP contribution in [-0.4, -0.2) is 16.8 Å². The lowest BCUT2D eigenvalue weighted by molar-refractivity contribution is -0.136. The monoisotopic (exact) mass is 527 g/mol. The Morgan fingerprint density at radius 1 is 0.967 bits per heavy atom. The maximum absolute atomic E-state index is 13.4. The fourth-order valence-corrected chi connectivity index (χ4v) is 4.32. The number of anilines is 1. The van der Waals surface area contributed by atoms with E-state index in [-0.39, 0.29) is 12.2 Å². The summed E-state index contributed by atoms with van der Waals surface area (Å²) < 4.78 is 1.68. The minimum Gasteiger partial charge on any atom is -0.375 e. The van der Waals surface area contributed by atoms with Gasteiger partial charge in [0.05, 0.1) is 18.7 Å². The van der Waals surface area contributed by atoms with Crippen LogP contribution in [-0.2, 0) is 16.9 Å². The second kappa shape index (κ2) is 8.10. The maximum atomic E-state index is 13.4. The van der Waals surface area contributed by atoms with Crippen molar-refractivity contribution in [1.29, 1.82) is 0 Å². The number of fused-ring (bicyclic) bond motifs is 1. The number of carbonyl (C=O) groups excluding carboxylic acids is 2. The van der Waals surface area contributed by atoms with Gasteiger partial charge in [0, 0.05) is 20.1 Å². The predicted octanol–water partition coefficient (Wildman–Crippen LogP) is 5.53. The summed E-state index contributed by atoms with van der Waals surface area (Å²) in [4.78, 5) is 27.8. The molecular weight excluding hydrogens is 510 g/mol. The van der Waals surface area contributed by atoms with E-state index in [0.717, 1.165) is 20.1 Å². The lowest BCUT2D eigenvalue weighted by atomic mass is 9.88. The van der Waals surface area contributed by atoms with Crippen molar-refractivity contribution in [2.24, 2.45) is 0 Å². The molecule has 0 radical (unpaired) electrons. The number of ketones is 1. The summed E-state index contributed by atoms with van der Waals surface area (Å²) in [5.41, 5.74) is 1.59. The van der Waals surface area contributed by atoms with Crippen LogP contribution in [0, 0.1) is 6.92 Å². The molecule has 0 unspecified atom stereocenters. The Morgan fingerprint density at radius 2 is 1.60 bits per heavy atom. The first-order valence-electron chi connectivity index (χ1n) is 9.46. The van der Waals surface area contributed by atoms with Gasteiger partial charge in [-0.3, -0.25) is 9.59 Å². The molecule has 1 atom stereocenters. The van der Waals surface area contributed by atoms with Crippen molar-refractivity contribution in [3.8, 4) is 0 Å². The Labute approximate surface area is 191 Å². The van der Waals surface area contributed by atoms with Crippen LogP contribution in [0.2, 0.25) is 0 Å². The molecule has 0 spiro atoms. The van der Waals surface area contributed by atoms with Crippen molar-refractivity contribution in [2.75, 3.05) is 4.90 Å². The summed E-state index contributed by atoms with van der Waals surface area (Å²) in [6.07, 6.45) is -0.310. The van der Waals surface area contributed by atoms with E-state index in [9.17, 15) is 14.7 Å². The molecule has 152 valence electrons. The van der Waals surface area contributed by atoms with E-state index in [2.05, 4.69) is 31.9 Å². The minimum atomic E-state index is -1.91. The molecule has 1 heterocycles. The van der Waals surface area contributed by atoms with Crippen LogP contribution in [0.1, 0.15) is 33.5 Å². The number of aliphatic hydroxyl groups is 1. The van der Waals surface area contributed by atoms with Crippen molar-refractivity contribution in [3.05, 3.63) is 97.9 Å². The van der Waals surface area contributed by atoms with Crippen LogP contribution in [0.5, 0.6) is 0 Å². The molecular formula is C24H19Br2NO3. The summed E-state index contributed by atoms with van der Waals surface area (Å²) in [5.74, 6) is -0.763. The molecule has 0 saturated heterocycles. The van der Waals surface area contributed by atoms with E-state index >= 15 is 0 Å². The molecule has 0 aromatic heterocycles. The maximum Gasteiger partial charge on any atom is 0.264 e. The fraction of sp³-hybridized carbons (Fsp3) is 0.167. The Hall–Kier alpha value is -2.28. The summed E-state index contributed by atoms with van der Waals surface area (Å²) in [7, 11) is 0. The summed E-state index contributed by atoms with van der Waals surface area (Å²) >= 11 is 6.83. The van der Waals surface area contributed by atoms with Gasteiger partial charge in [-0.05, 0) is 42.8 Å². The molecule has 1 N–H and O–H groups in total. The number of amides is 1. The Kier molecular flexibility index (Phi) is 5.66. The molecule has 0 aliphatic carbocycles. The molecule has 4 rings (SSSR count). The smallest absolute Gasteiger partial charge is 0.264 e. The standard InChI is InChI=1S/C24H19Br2NO3/c1-15-2-6-17(7-3-15)22(28)13-24(30)20-12-19(26)10-11-21(20)27(23(24)29)14-16-4-8-18(25)9-5-16/h2-12,30H,13-14H2,1H3/t24-/m1/s1. The van der Waals surface area contributed by atoms with E-state index < -0.39 is 11.5 Å². The zero-order chi connectivity index (χ0) is 21.5. The molecule has 0 saturated carbocycles. The number of halogens is 2. The van der Waals surface area contributed by atoms with Crippen molar-refractivity contribution in [2.45, 2.75) is 25.5 Å². The Bertz CT molecular complexity index is 1130. The number of hydrogen-bond donors (Lipinski definition) is 1. The number of Topliss-reactive ketones (excluding diaryl/α,β-unsaturated/α-hetero) is 1. The number of aryl methyl sites for hydroxylation is 1. The summed E-state index contributed by atoms with van der Waals surface area (Å²) in [6.45, 7) is 2.25. The van der Waals surface area contributed by atoms with Gasteiger partial charge in [0.15, 0.2) is 11.4 Å². The van der Waals surface area contributed by atoms with Crippen LogP contribution >= 0.6 is 31.9 Å². The first-order valence-corrected chi connectivity index (χ1v) is 11.1. The van der Waals surface area contributed by atoms with Gasteiger partial charge in [-0.25, -0.2) is 0 Å². The van der Waals surface area contributed by atoms with Gasteiger partial charge in [0.25, 0.3) is 5.91 Å². The van der Waals surface area contributed by atoms with Crippen LogP contribution < -0.4 is 4.90 Å². The zero-order valence-electron chi connectivity index (χ0n) is 16.2. The predicted molar refractivity (Wildman–Crippen MR) is 123 cm³/mol. The van der Waals surface area contributed by atoms with Crippen LogP contribution in [0.4, 0.5) is 5.69 Å². The van der Waals surface area contributed by atoms with Gasteiger partial charge in [-0.2, -0.15) is 0 Å². The number of hydrogen-bond acceptors (Lipinski definition) is 3. The average Bonchev–Trinajstić information content (AvgIpc) is 2.91. The average molecular weight is 529 g/mol. The number of nitrogens with zero attached hydrogens (tertiary/aromatic N) is 1. The van der Waals surface area contributed by atoms with Crippen molar-refractivity contribution in [3.63, 3.8) is 0 Å².